The predicted octanol–water partition coefficient (Wildman–Crippen LogP) is 3.86. The minimum absolute atomic E-state index is 0. The molecule has 0 aromatic rings. The Kier molecular flexibility index (Phi) is 35.5. The van der Waals surface area contributed by atoms with Crippen LogP contribution < -0.4 is 0 Å². The van der Waals surface area contributed by atoms with Crippen LogP contribution >= 0.6 is 58.9 Å². The maximum atomic E-state index is 4.46. The van der Waals surface area contributed by atoms with E-state index >= 15 is 0 Å². The Morgan fingerprint density at radius 1 is 0.412 bits per heavy atom. The van der Waals surface area contributed by atoms with Crippen molar-refractivity contribution in [1.29, 1.82) is 0 Å². The average Bonchev–Trinajstić information content (AvgIpc) is 1.41. The predicted molar refractivity (Wildman–Crippen MR) is 89.7 cm³/mol. The topological polar surface area (TPSA) is 0 Å². The van der Waals surface area contributed by atoms with E-state index in [4.69, 9.17) is 0 Å². The normalized spacial score (nSPS) is 10.2. The van der Waals surface area contributed by atoms with Crippen molar-refractivity contribution >= 4 is 121 Å². The Balaban J connectivity index is -0.0000000400. The van der Waals surface area contributed by atoms with Gasteiger partial charge in [-0.2, -0.15) is 0 Å². The van der Waals surface area contributed by atoms with Crippen molar-refractivity contribution in [3.63, 3.8) is 0 Å². The number of hydrogen-bond donors (Lipinski definition) is 0. The van der Waals surface area contributed by atoms with Crippen molar-refractivity contribution in [3.8, 4) is 0 Å². The summed E-state index contributed by atoms with van der Waals surface area (Å²) in [5, 5.41) is 0. The van der Waals surface area contributed by atoms with Gasteiger partial charge in [0.15, 0.2) is 0 Å². The van der Waals surface area contributed by atoms with Gasteiger partial charge in [-0.25, -0.2) is 0 Å². The van der Waals surface area contributed by atoms with Crippen LogP contribution in [0.3, 0.4) is 0 Å². The van der Waals surface area contributed by atoms with Crippen molar-refractivity contribution in [2.75, 3.05) is 0 Å². The third-order valence-electron chi connectivity index (χ3n) is 0. The molecular formula is Fe2Mo3S12. The van der Waals surface area contributed by atoms with Crippen LogP contribution in [0.25, 0.3) is 0 Å². The van der Waals surface area contributed by atoms with Crippen LogP contribution in [0.15, 0.2) is 0 Å². The molecule has 0 aromatic carbocycles. The molecule has 0 unspecified atom stereocenters. The molecule has 0 aromatic heterocycles. The van der Waals surface area contributed by atoms with Crippen LogP contribution in [0, 0.1) is 0 Å². The second kappa shape index (κ2) is 17.4. The van der Waals surface area contributed by atoms with Crippen molar-refractivity contribution in [1.82, 2.24) is 0 Å². The van der Waals surface area contributed by atoms with Gasteiger partial charge in [-0.3, -0.25) is 0 Å². The van der Waals surface area contributed by atoms with Gasteiger partial charge in [0.25, 0.3) is 0 Å². The van der Waals surface area contributed by atoms with Gasteiger partial charge in [0.2, 0.25) is 0 Å². The molecular weight excluding hydrogens is 784 g/mol. The zero-order chi connectivity index (χ0) is 13.5. The Hall–Kier alpha value is 6.52. The van der Waals surface area contributed by atoms with Crippen molar-refractivity contribution in [2.24, 2.45) is 0 Å². The van der Waals surface area contributed by atoms with E-state index in [1.54, 1.807) is 0 Å². The molecule has 106 valence electrons. The molecule has 0 amide bonds. The Morgan fingerprint density at radius 3 is 0.412 bits per heavy atom. The molecule has 0 bridgehead atoms. The molecule has 0 atom stereocenters. The van der Waals surface area contributed by atoms with Gasteiger partial charge < -0.3 is 0 Å². The van der Waals surface area contributed by atoms with E-state index in [1.165, 1.54) is 0 Å². The summed E-state index contributed by atoms with van der Waals surface area (Å²) in [5.41, 5.74) is 0. The number of hydrogen-bond acceptors (Lipinski definition) is 12. The van der Waals surface area contributed by atoms with E-state index < -0.39 is 29.6 Å². The summed E-state index contributed by atoms with van der Waals surface area (Å²) < 4.78 is 0. The van der Waals surface area contributed by atoms with E-state index in [2.05, 4.69) is 121 Å². The van der Waals surface area contributed by atoms with Gasteiger partial charge in [0, 0.05) is 0 Å². The van der Waals surface area contributed by atoms with Gasteiger partial charge in [-0.15, -0.1) is 0 Å². The van der Waals surface area contributed by atoms with Crippen LogP contribution in [-0.2, 0) is 126 Å². The van der Waals surface area contributed by atoms with Crippen LogP contribution in [-0.4, -0.2) is 0 Å². The Bertz CT molecular complexity index is 341. The molecule has 0 N–H and O–H groups in total. The zero-order valence-electron chi connectivity index (χ0n) is 6.83. The average molecular weight is 784 g/mol. The molecule has 17 heteroatoms. The van der Waals surface area contributed by atoms with E-state index in [0.717, 1.165) is 0 Å². The quantitative estimate of drug-likeness (QED) is 0.259. The van der Waals surface area contributed by atoms with Crippen molar-refractivity contribution in [2.45, 2.75) is 0 Å². The SMILES string of the molecule is [Fe+3].[Fe+3].[S]=[Mo](=[S])([S-])[S-].[S]=[Mo](=[S])([S-])[S-].[S]=[Mo](=[S])([S-])[S-]. The summed E-state index contributed by atoms with van der Waals surface area (Å²) in [5.74, 6) is 0. The first-order chi connectivity index (χ1) is 6.00. The molecule has 0 spiro atoms. The zero-order valence-corrected chi connectivity index (χ0v) is 24.9. The van der Waals surface area contributed by atoms with Crippen LogP contribution in [0.2, 0.25) is 0 Å². The summed E-state index contributed by atoms with van der Waals surface area (Å²) in [6.07, 6.45) is 0. The Labute approximate surface area is 179 Å². The summed E-state index contributed by atoms with van der Waals surface area (Å²) in [4.78, 5) is 0. The molecule has 0 aliphatic rings. The monoisotopic (exact) mass is 789 g/mol. The van der Waals surface area contributed by atoms with E-state index in [-0.39, 0.29) is 34.1 Å². The van der Waals surface area contributed by atoms with Gasteiger partial charge >= 0.3 is 185 Å². The molecule has 0 aliphatic carbocycles. The molecule has 0 nitrogen and oxygen atoms in total. The standard InChI is InChI=1S/2Fe.3Mo.12S/q2*+3;;;;;;;;;;6*-1. The van der Waals surface area contributed by atoms with Crippen LogP contribution in [0.5, 0.6) is 0 Å². The van der Waals surface area contributed by atoms with E-state index in [0.29, 0.717) is 0 Å². The van der Waals surface area contributed by atoms with Crippen LogP contribution in [0.1, 0.15) is 0 Å². The first kappa shape index (κ1) is 34.8. The van der Waals surface area contributed by atoms with Crippen molar-refractivity contribution in [3.05, 3.63) is 0 Å². The molecule has 0 heterocycles. The number of rotatable bonds is 0. The molecule has 2 radical (unpaired) electrons. The minimum atomic E-state index is -2.69. The maximum absolute atomic E-state index is 4.46. The summed E-state index contributed by atoms with van der Waals surface area (Å²) in [7, 11) is 45.5. The van der Waals surface area contributed by atoms with Gasteiger partial charge in [0.1, 0.15) is 0 Å². The summed E-state index contributed by atoms with van der Waals surface area (Å²) >= 11 is 0. The molecule has 0 saturated heterocycles. The van der Waals surface area contributed by atoms with Gasteiger partial charge in [0.05, 0.1) is 0 Å². The third kappa shape index (κ3) is 223. The summed E-state index contributed by atoms with van der Waals surface area (Å²) in [6, 6.07) is 0. The second-order valence-corrected chi connectivity index (χ2v) is 65.2. The third-order valence-corrected chi connectivity index (χ3v) is 0. The fraction of sp³-hybridized carbons (Fsp3) is 0. The fourth-order valence-corrected chi connectivity index (χ4v) is 0. The molecule has 0 saturated carbocycles. The molecule has 17 heavy (non-hydrogen) atoms. The molecule has 0 rings (SSSR count). The molecule has 0 fully saturated rings. The summed E-state index contributed by atoms with van der Waals surface area (Å²) in [6.45, 7) is 0. The van der Waals surface area contributed by atoms with Gasteiger partial charge in [-0.1, -0.05) is 0 Å². The first-order valence-electron chi connectivity index (χ1n) is 2.00. The fourth-order valence-electron chi connectivity index (χ4n) is 0. The van der Waals surface area contributed by atoms with Gasteiger partial charge in [-0.05, 0) is 0 Å². The van der Waals surface area contributed by atoms with E-state index in [9.17, 15) is 0 Å². The van der Waals surface area contributed by atoms with E-state index in [1.807, 2.05) is 0 Å². The van der Waals surface area contributed by atoms with Crippen molar-refractivity contribution < 1.29 is 63.7 Å². The Morgan fingerprint density at radius 2 is 0.412 bits per heavy atom. The van der Waals surface area contributed by atoms with Crippen LogP contribution in [0.4, 0.5) is 0 Å². The molecule has 0 aliphatic heterocycles. The second-order valence-electron chi connectivity index (χ2n) is 1.22. The first-order valence-corrected chi connectivity index (χ1v) is 35.5.